The van der Waals surface area contributed by atoms with Gasteiger partial charge in [0.2, 0.25) is 0 Å². The maximum Gasteiger partial charge on any atom is 0.137 e. The van der Waals surface area contributed by atoms with Crippen LogP contribution in [0.3, 0.4) is 0 Å². The summed E-state index contributed by atoms with van der Waals surface area (Å²) < 4.78 is 7.99. The van der Waals surface area contributed by atoms with E-state index in [0.717, 1.165) is 45.2 Å². The van der Waals surface area contributed by atoms with Crippen molar-refractivity contribution in [2.24, 2.45) is 5.92 Å². The summed E-state index contributed by atoms with van der Waals surface area (Å²) in [6, 6.07) is 8.45. The average Bonchev–Trinajstić information content (AvgIpc) is 2.87. The van der Waals surface area contributed by atoms with E-state index in [4.69, 9.17) is 4.74 Å². The maximum atomic E-state index is 5.80. The number of ether oxygens (including phenoxy) is 1. The Hall–Kier alpha value is -1.69. The van der Waals surface area contributed by atoms with Gasteiger partial charge in [0.15, 0.2) is 0 Å². The predicted molar refractivity (Wildman–Crippen MR) is 96.4 cm³/mol. The fraction of sp³-hybridized carbons (Fsp3) is 0.526. The highest BCUT2D eigenvalue weighted by atomic mass is 16.5. The molecule has 1 atom stereocenters. The van der Waals surface area contributed by atoms with Gasteiger partial charge in [-0.05, 0) is 50.8 Å². The molecule has 0 bridgehead atoms. The van der Waals surface area contributed by atoms with Gasteiger partial charge < -0.3 is 14.2 Å². The van der Waals surface area contributed by atoms with Crippen LogP contribution in [0.15, 0.2) is 36.7 Å². The van der Waals surface area contributed by atoms with Gasteiger partial charge in [-0.25, -0.2) is 4.98 Å². The highest BCUT2D eigenvalue weighted by molar-refractivity contribution is 5.30. The van der Waals surface area contributed by atoms with Crippen LogP contribution >= 0.6 is 0 Å². The Morgan fingerprint density at radius 2 is 2.21 bits per heavy atom. The number of nitrogens with zero attached hydrogens (tertiary/aromatic N) is 4. The van der Waals surface area contributed by atoms with Crippen molar-refractivity contribution < 1.29 is 4.74 Å². The van der Waals surface area contributed by atoms with E-state index < -0.39 is 0 Å². The summed E-state index contributed by atoms with van der Waals surface area (Å²) in [6.45, 7) is 7.82. The summed E-state index contributed by atoms with van der Waals surface area (Å²) >= 11 is 0. The minimum Gasteiger partial charge on any atom is -0.380 e. The van der Waals surface area contributed by atoms with E-state index in [1.54, 1.807) is 0 Å². The molecule has 1 aliphatic rings. The van der Waals surface area contributed by atoms with Crippen molar-refractivity contribution in [2.75, 3.05) is 46.9 Å². The molecule has 5 heteroatoms. The summed E-state index contributed by atoms with van der Waals surface area (Å²) in [5.74, 6) is 1.55. The summed E-state index contributed by atoms with van der Waals surface area (Å²) in [4.78, 5) is 9.27. The first-order valence-corrected chi connectivity index (χ1v) is 8.66. The standard InChI is InChI=1S/C19H28N4O/c1-16-6-7-20-19(11-16)23-8-4-5-18(23)14-22-9-10-24-15-17(13-22)12-21(2)3/h4-8,11,17H,9-10,12-15H2,1-3H3/t17-/m0/s1. The fourth-order valence-corrected chi connectivity index (χ4v) is 3.37. The fourth-order valence-electron chi connectivity index (χ4n) is 3.37. The van der Waals surface area contributed by atoms with Gasteiger partial charge in [-0.3, -0.25) is 4.90 Å². The smallest absolute Gasteiger partial charge is 0.137 e. The molecule has 3 heterocycles. The van der Waals surface area contributed by atoms with Gasteiger partial charge in [0, 0.05) is 50.2 Å². The van der Waals surface area contributed by atoms with E-state index in [-0.39, 0.29) is 0 Å². The van der Waals surface area contributed by atoms with Gasteiger partial charge in [-0.15, -0.1) is 0 Å². The Morgan fingerprint density at radius 1 is 1.33 bits per heavy atom. The van der Waals surface area contributed by atoms with Crippen LogP contribution in [0, 0.1) is 12.8 Å². The summed E-state index contributed by atoms with van der Waals surface area (Å²) in [6.07, 6.45) is 3.98. The lowest BCUT2D eigenvalue weighted by molar-refractivity contribution is 0.112. The molecular weight excluding hydrogens is 300 g/mol. The van der Waals surface area contributed by atoms with Crippen molar-refractivity contribution in [3.63, 3.8) is 0 Å². The molecule has 0 aliphatic carbocycles. The van der Waals surface area contributed by atoms with Gasteiger partial charge in [0.1, 0.15) is 5.82 Å². The van der Waals surface area contributed by atoms with E-state index in [1.807, 2.05) is 12.3 Å². The lowest BCUT2D eigenvalue weighted by Crippen LogP contribution is -2.34. The van der Waals surface area contributed by atoms with Crippen LogP contribution in [-0.2, 0) is 11.3 Å². The van der Waals surface area contributed by atoms with Crippen LogP contribution in [0.4, 0.5) is 0 Å². The van der Waals surface area contributed by atoms with Crippen molar-refractivity contribution >= 4 is 0 Å². The Bertz CT molecular complexity index is 652. The predicted octanol–water partition coefficient (Wildman–Crippen LogP) is 2.19. The second kappa shape index (κ2) is 7.92. The quantitative estimate of drug-likeness (QED) is 0.842. The van der Waals surface area contributed by atoms with E-state index >= 15 is 0 Å². The first-order valence-electron chi connectivity index (χ1n) is 8.66. The summed E-state index contributed by atoms with van der Waals surface area (Å²) in [5.41, 5.74) is 2.51. The van der Waals surface area contributed by atoms with Gasteiger partial charge in [-0.2, -0.15) is 0 Å². The summed E-state index contributed by atoms with van der Waals surface area (Å²) in [7, 11) is 4.26. The van der Waals surface area contributed by atoms with E-state index in [2.05, 4.69) is 64.8 Å². The molecule has 24 heavy (non-hydrogen) atoms. The first kappa shape index (κ1) is 17.1. The molecule has 2 aromatic rings. The van der Waals surface area contributed by atoms with Crippen molar-refractivity contribution in [3.05, 3.63) is 47.9 Å². The topological polar surface area (TPSA) is 33.5 Å². The van der Waals surface area contributed by atoms with E-state index in [9.17, 15) is 0 Å². The highest BCUT2D eigenvalue weighted by Crippen LogP contribution is 2.16. The number of aromatic nitrogens is 2. The van der Waals surface area contributed by atoms with Crippen LogP contribution in [0.5, 0.6) is 0 Å². The minimum absolute atomic E-state index is 0.558. The van der Waals surface area contributed by atoms with E-state index in [1.165, 1.54) is 11.3 Å². The van der Waals surface area contributed by atoms with E-state index in [0.29, 0.717) is 5.92 Å². The molecule has 2 aromatic heterocycles. The SMILES string of the molecule is Cc1ccnc(-n2cccc2CN2CCOC[C@@H](CN(C)C)C2)c1. The Labute approximate surface area is 144 Å². The molecule has 3 rings (SSSR count). The zero-order chi connectivity index (χ0) is 16.9. The Morgan fingerprint density at radius 3 is 3.00 bits per heavy atom. The molecule has 5 nitrogen and oxygen atoms in total. The first-order chi connectivity index (χ1) is 11.6. The Kier molecular flexibility index (Phi) is 5.66. The van der Waals surface area contributed by atoms with Crippen LogP contribution in [-0.4, -0.2) is 66.3 Å². The Balaban J connectivity index is 1.73. The second-order valence-corrected chi connectivity index (χ2v) is 7.00. The zero-order valence-electron chi connectivity index (χ0n) is 15.0. The second-order valence-electron chi connectivity index (χ2n) is 7.00. The van der Waals surface area contributed by atoms with Gasteiger partial charge in [0.25, 0.3) is 0 Å². The van der Waals surface area contributed by atoms with Gasteiger partial charge in [0.05, 0.1) is 13.2 Å². The van der Waals surface area contributed by atoms with Crippen LogP contribution < -0.4 is 0 Å². The lowest BCUT2D eigenvalue weighted by Gasteiger charge is -2.25. The van der Waals surface area contributed by atoms with Crippen LogP contribution in [0.25, 0.3) is 5.82 Å². The highest BCUT2D eigenvalue weighted by Gasteiger charge is 2.20. The molecule has 1 saturated heterocycles. The number of rotatable bonds is 5. The normalized spacial score (nSPS) is 19.6. The third kappa shape index (κ3) is 4.44. The molecule has 0 unspecified atom stereocenters. The number of hydrogen-bond acceptors (Lipinski definition) is 4. The van der Waals surface area contributed by atoms with Gasteiger partial charge in [-0.1, -0.05) is 0 Å². The molecule has 130 valence electrons. The maximum absolute atomic E-state index is 5.80. The van der Waals surface area contributed by atoms with Crippen molar-refractivity contribution in [1.82, 2.24) is 19.4 Å². The molecule has 0 amide bonds. The minimum atomic E-state index is 0.558. The van der Waals surface area contributed by atoms with Gasteiger partial charge >= 0.3 is 0 Å². The van der Waals surface area contributed by atoms with Crippen LogP contribution in [0.2, 0.25) is 0 Å². The summed E-state index contributed by atoms with van der Waals surface area (Å²) in [5, 5.41) is 0. The van der Waals surface area contributed by atoms with Crippen molar-refractivity contribution in [2.45, 2.75) is 13.5 Å². The third-order valence-electron chi connectivity index (χ3n) is 4.41. The van der Waals surface area contributed by atoms with Crippen molar-refractivity contribution in [1.29, 1.82) is 0 Å². The molecule has 0 radical (unpaired) electrons. The monoisotopic (exact) mass is 328 g/mol. The molecule has 0 aromatic carbocycles. The number of aryl methyl sites for hydroxylation is 1. The number of pyridine rings is 1. The molecule has 0 N–H and O–H groups in total. The zero-order valence-corrected chi connectivity index (χ0v) is 15.0. The molecule has 0 spiro atoms. The largest absolute Gasteiger partial charge is 0.380 e. The molecule has 1 aliphatic heterocycles. The lowest BCUT2D eigenvalue weighted by atomic mass is 10.1. The molecule has 1 fully saturated rings. The van der Waals surface area contributed by atoms with Crippen LogP contribution in [0.1, 0.15) is 11.3 Å². The number of hydrogen-bond donors (Lipinski definition) is 0. The average molecular weight is 328 g/mol. The molecular formula is C19H28N4O. The third-order valence-corrected chi connectivity index (χ3v) is 4.41. The van der Waals surface area contributed by atoms with Crippen molar-refractivity contribution in [3.8, 4) is 5.82 Å². The molecule has 0 saturated carbocycles.